The lowest BCUT2D eigenvalue weighted by Gasteiger charge is -2.42. The molecule has 2 aliphatic carbocycles. The molecule has 1 nitrogen and oxygen atoms in total. The summed E-state index contributed by atoms with van der Waals surface area (Å²) in [5.74, 6) is 1.77. The van der Waals surface area contributed by atoms with Crippen LogP contribution in [0.5, 0.6) is 11.5 Å². The molecular formula is C54H34O. The van der Waals surface area contributed by atoms with Crippen molar-refractivity contribution in [1.82, 2.24) is 0 Å². The number of rotatable bonds is 3. The van der Waals surface area contributed by atoms with Crippen molar-refractivity contribution in [3.8, 4) is 44.9 Å². The normalized spacial score (nSPS) is 16.4. The first-order valence-corrected chi connectivity index (χ1v) is 19.2. The smallest absolute Gasteiger partial charge is 0.132 e. The van der Waals surface area contributed by atoms with Crippen LogP contribution >= 0.6 is 0 Å². The van der Waals surface area contributed by atoms with Gasteiger partial charge >= 0.3 is 0 Å². The quantitative estimate of drug-likeness (QED) is 0.178. The van der Waals surface area contributed by atoms with E-state index in [0.29, 0.717) is 0 Å². The summed E-state index contributed by atoms with van der Waals surface area (Å²) in [5, 5.41) is 2.54. The number of benzene rings is 9. The second-order valence-corrected chi connectivity index (χ2v) is 15.1. The number of ether oxygens (including phenoxy) is 1. The Bertz CT molecular complexity index is 2970. The van der Waals surface area contributed by atoms with Gasteiger partial charge in [0.25, 0.3) is 0 Å². The molecular weight excluding hydrogens is 665 g/mol. The number of fused-ring (bicyclic) bond motifs is 13. The molecule has 0 N–H and O–H groups in total. The zero-order valence-corrected chi connectivity index (χ0v) is 30.0. The maximum absolute atomic E-state index is 6.88. The number of para-hydroxylation sites is 1. The average Bonchev–Trinajstić information content (AvgIpc) is 3.71. The van der Waals surface area contributed by atoms with E-state index in [1.807, 2.05) is 0 Å². The number of hydrogen-bond donors (Lipinski definition) is 0. The Hall–Kier alpha value is -6.96. The first-order chi connectivity index (χ1) is 27.3. The lowest BCUT2D eigenvalue weighted by molar-refractivity contribution is 0.435. The minimum Gasteiger partial charge on any atom is -0.457 e. The molecule has 55 heavy (non-hydrogen) atoms. The fraction of sp³-hybridized carbons (Fsp3) is 0.0370. The van der Waals surface area contributed by atoms with E-state index in [4.69, 9.17) is 4.74 Å². The Morgan fingerprint density at radius 1 is 0.291 bits per heavy atom. The summed E-state index contributed by atoms with van der Waals surface area (Å²) >= 11 is 0. The van der Waals surface area contributed by atoms with Crippen LogP contribution < -0.4 is 4.74 Å². The largest absolute Gasteiger partial charge is 0.457 e. The second kappa shape index (κ2) is 11.3. The molecule has 0 radical (unpaired) electrons. The Morgan fingerprint density at radius 3 is 1.49 bits per heavy atom. The fourth-order valence-corrected chi connectivity index (χ4v) is 10.5. The Morgan fingerprint density at radius 2 is 0.800 bits per heavy atom. The highest BCUT2D eigenvalue weighted by molar-refractivity contribution is 6.00. The van der Waals surface area contributed by atoms with E-state index < -0.39 is 10.8 Å². The number of hydrogen-bond acceptors (Lipinski definition) is 1. The summed E-state index contributed by atoms with van der Waals surface area (Å²) in [6.07, 6.45) is 0. The van der Waals surface area contributed by atoms with Crippen LogP contribution in [0.3, 0.4) is 0 Å². The summed E-state index contributed by atoms with van der Waals surface area (Å²) in [5.41, 5.74) is 16.6. The van der Waals surface area contributed by atoms with E-state index in [0.717, 1.165) is 22.6 Å². The third-order valence-corrected chi connectivity index (χ3v) is 12.6. The topological polar surface area (TPSA) is 9.23 Å². The molecule has 12 rings (SSSR count). The zero-order chi connectivity index (χ0) is 36.1. The van der Waals surface area contributed by atoms with Crippen molar-refractivity contribution < 1.29 is 4.74 Å². The van der Waals surface area contributed by atoms with Crippen molar-refractivity contribution in [2.24, 2.45) is 0 Å². The molecule has 1 spiro atoms. The molecule has 3 aliphatic rings. The first-order valence-electron chi connectivity index (χ1n) is 19.2. The SMILES string of the molecule is c1ccc(C2(c3ccccc3)c3ccccc3Oc3cccc(-c4ccc5c(c4)-c4ccccc4C54c5ccccc5-c5cc6ccccc6cc54)c32)cc1. The van der Waals surface area contributed by atoms with E-state index in [2.05, 4.69) is 206 Å². The van der Waals surface area contributed by atoms with E-state index in [1.165, 1.54) is 77.5 Å². The van der Waals surface area contributed by atoms with Crippen LogP contribution in [0.1, 0.15) is 44.5 Å². The van der Waals surface area contributed by atoms with E-state index >= 15 is 0 Å². The molecule has 9 aromatic carbocycles. The first kappa shape index (κ1) is 30.5. The third kappa shape index (κ3) is 3.92. The maximum atomic E-state index is 6.88. The van der Waals surface area contributed by atoms with Crippen LogP contribution in [0.15, 0.2) is 206 Å². The van der Waals surface area contributed by atoms with Gasteiger partial charge in [0.15, 0.2) is 0 Å². The summed E-state index contributed by atoms with van der Waals surface area (Å²) in [7, 11) is 0. The van der Waals surface area contributed by atoms with Gasteiger partial charge in [-0.2, -0.15) is 0 Å². The lowest BCUT2D eigenvalue weighted by atomic mass is 9.62. The second-order valence-electron chi connectivity index (χ2n) is 15.1. The molecule has 9 aromatic rings. The summed E-state index contributed by atoms with van der Waals surface area (Å²) in [6, 6.07) is 76.2. The lowest BCUT2D eigenvalue weighted by Crippen LogP contribution is -2.34. The van der Waals surface area contributed by atoms with Crippen molar-refractivity contribution in [1.29, 1.82) is 0 Å². The zero-order valence-electron chi connectivity index (χ0n) is 30.0. The van der Waals surface area contributed by atoms with Crippen LogP contribution in [0, 0.1) is 0 Å². The van der Waals surface area contributed by atoms with Crippen LogP contribution in [0.4, 0.5) is 0 Å². The minimum atomic E-state index is -0.619. The van der Waals surface area contributed by atoms with Gasteiger partial charge in [-0.3, -0.25) is 0 Å². The standard InChI is InChI=1S/C54H34O/c1-3-18-38(19-4-1)53(39-20-5-2-6-21-39)48-27-13-14-28-50(48)55-51-29-15-24-40(52(51)53)37-30-31-47-43(33-37)41-22-9-11-25-45(41)54(47)46-26-12-10-23-42(46)44-32-35-16-7-8-17-36(35)34-49(44)54/h1-34H. The Balaban J connectivity index is 1.16. The molecule has 0 amide bonds. The van der Waals surface area contributed by atoms with E-state index in [9.17, 15) is 0 Å². The van der Waals surface area contributed by atoms with Crippen LogP contribution in [0.25, 0.3) is 44.2 Å². The predicted octanol–water partition coefficient (Wildman–Crippen LogP) is 13.3. The predicted molar refractivity (Wildman–Crippen MR) is 224 cm³/mol. The van der Waals surface area contributed by atoms with E-state index in [-0.39, 0.29) is 0 Å². The highest BCUT2D eigenvalue weighted by Crippen LogP contribution is 2.64. The third-order valence-electron chi connectivity index (χ3n) is 12.6. The fourth-order valence-electron chi connectivity index (χ4n) is 10.5. The van der Waals surface area contributed by atoms with Gasteiger partial charge in [-0.05, 0) is 108 Å². The summed E-state index contributed by atoms with van der Waals surface area (Å²) in [4.78, 5) is 0. The van der Waals surface area contributed by atoms with Gasteiger partial charge in [0.1, 0.15) is 11.5 Å². The molecule has 0 saturated heterocycles. The van der Waals surface area contributed by atoms with Crippen molar-refractivity contribution in [3.63, 3.8) is 0 Å². The van der Waals surface area contributed by atoms with Crippen LogP contribution in [-0.4, -0.2) is 0 Å². The van der Waals surface area contributed by atoms with Crippen molar-refractivity contribution in [2.45, 2.75) is 10.8 Å². The van der Waals surface area contributed by atoms with Gasteiger partial charge in [-0.25, -0.2) is 0 Å². The molecule has 256 valence electrons. The Kier molecular flexibility index (Phi) is 6.25. The van der Waals surface area contributed by atoms with Crippen molar-refractivity contribution in [2.75, 3.05) is 0 Å². The average molecular weight is 699 g/mol. The van der Waals surface area contributed by atoms with Gasteiger partial charge in [0.2, 0.25) is 0 Å². The monoisotopic (exact) mass is 698 g/mol. The maximum Gasteiger partial charge on any atom is 0.132 e. The summed E-state index contributed by atoms with van der Waals surface area (Å²) in [6.45, 7) is 0. The molecule has 1 unspecified atom stereocenters. The highest BCUT2D eigenvalue weighted by atomic mass is 16.5. The minimum absolute atomic E-state index is 0.420. The van der Waals surface area contributed by atoms with Gasteiger partial charge in [-0.15, -0.1) is 0 Å². The molecule has 1 atom stereocenters. The van der Waals surface area contributed by atoms with Crippen LogP contribution in [0.2, 0.25) is 0 Å². The van der Waals surface area contributed by atoms with E-state index in [1.54, 1.807) is 0 Å². The Labute approximate surface area is 320 Å². The van der Waals surface area contributed by atoms with Gasteiger partial charge < -0.3 is 4.74 Å². The molecule has 0 fully saturated rings. The molecule has 0 aromatic heterocycles. The van der Waals surface area contributed by atoms with Gasteiger partial charge in [0, 0.05) is 11.1 Å². The van der Waals surface area contributed by atoms with Crippen molar-refractivity contribution in [3.05, 3.63) is 251 Å². The van der Waals surface area contributed by atoms with Gasteiger partial charge in [-0.1, -0.05) is 176 Å². The molecule has 1 aliphatic heterocycles. The molecule has 1 heteroatoms. The molecule has 0 saturated carbocycles. The molecule has 0 bridgehead atoms. The van der Waals surface area contributed by atoms with Crippen LogP contribution in [-0.2, 0) is 10.8 Å². The molecule has 1 heterocycles. The summed E-state index contributed by atoms with van der Waals surface area (Å²) < 4.78 is 6.88. The highest BCUT2D eigenvalue weighted by Gasteiger charge is 2.52. The van der Waals surface area contributed by atoms with Gasteiger partial charge in [0.05, 0.1) is 10.8 Å². The van der Waals surface area contributed by atoms with Crippen molar-refractivity contribution >= 4 is 10.8 Å².